The molecule has 0 saturated heterocycles. The first-order chi connectivity index (χ1) is 11.3. The van der Waals surface area contributed by atoms with E-state index in [9.17, 15) is 14.8 Å². The summed E-state index contributed by atoms with van der Waals surface area (Å²) in [6, 6.07) is 0. The van der Waals surface area contributed by atoms with Crippen molar-refractivity contribution in [2.24, 2.45) is 28.6 Å². The van der Waals surface area contributed by atoms with Gasteiger partial charge in [-0.3, -0.25) is 4.79 Å². The van der Waals surface area contributed by atoms with Gasteiger partial charge in [-0.05, 0) is 79.6 Å². The minimum Gasteiger partial charge on any atom is -0.402 e. The highest BCUT2D eigenvalue weighted by molar-refractivity contribution is 6.32. The molecule has 0 aliphatic heterocycles. The summed E-state index contributed by atoms with van der Waals surface area (Å²) in [5, 5.41) is 18.5. The first-order valence-electron chi connectivity index (χ1n) is 9.60. The van der Waals surface area contributed by atoms with Crippen LogP contribution in [-0.4, -0.2) is 29.3 Å². The molecule has 0 radical (unpaired) electrons. The molecule has 4 aliphatic carbocycles. The van der Waals surface area contributed by atoms with E-state index < -0.39 is 7.32 Å². The Morgan fingerprint density at radius 2 is 1.88 bits per heavy atom. The Hall–Kier alpha value is -0.645. The fraction of sp³-hybridized carbons (Fsp3) is 0.842. The van der Waals surface area contributed by atoms with Crippen LogP contribution in [0.15, 0.2) is 11.6 Å². The second-order valence-corrected chi connectivity index (χ2v) is 9.04. The molecule has 0 amide bonds. The maximum absolute atomic E-state index is 11.9. The Balaban J connectivity index is 1.61. The number of ketones is 1. The molecule has 2 N–H and O–H groups in total. The second-order valence-electron chi connectivity index (χ2n) is 9.04. The Bertz CT molecular complexity index is 574. The van der Waals surface area contributed by atoms with E-state index in [-0.39, 0.29) is 16.9 Å². The fourth-order valence-corrected chi connectivity index (χ4v) is 6.88. The van der Waals surface area contributed by atoms with Gasteiger partial charge in [0.05, 0.1) is 6.10 Å². The molecule has 24 heavy (non-hydrogen) atoms. The van der Waals surface area contributed by atoms with Gasteiger partial charge in [-0.15, -0.1) is 0 Å². The van der Waals surface area contributed by atoms with Gasteiger partial charge >= 0.3 is 7.32 Å². The SMILES string of the molecule is C[C@]12CC[C@H]3[C@@H](CCC4=CC(=O)CC[C@@]43C)[C@@H]1CC[C@@H]2OB(O)O. The van der Waals surface area contributed by atoms with Gasteiger partial charge in [0.15, 0.2) is 5.78 Å². The number of hydrogen-bond donors (Lipinski definition) is 2. The topological polar surface area (TPSA) is 66.8 Å². The van der Waals surface area contributed by atoms with Crippen molar-refractivity contribution in [1.82, 2.24) is 0 Å². The van der Waals surface area contributed by atoms with Gasteiger partial charge in [0.1, 0.15) is 0 Å². The number of rotatable bonds is 2. The van der Waals surface area contributed by atoms with E-state index in [1.807, 2.05) is 6.08 Å². The zero-order valence-corrected chi connectivity index (χ0v) is 14.8. The van der Waals surface area contributed by atoms with Crippen LogP contribution < -0.4 is 0 Å². The summed E-state index contributed by atoms with van der Waals surface area (Å²) >= 11 is 0. The van der Waals surface area contributed by atoms with Crippen LogP contribution in [0.4, 0.5) is 0 Å². The molecule has 3 fully saturated rings. The summed E-state index contributed by atoms with van der Waals surface area (Å²) in [5.41, 5.74) is 1.67. The maximum Gasteiger partial charge on any atom is 0.634 e. The molecule has 3 saturated carbocycles. The predicted octanol–water partition coefficient (Wildman–Crippen LogP) is 2.87. The quantitative estimate of drug-likeness (QED) is 0.763. The van der Waals surface area contributed by atoms with Crippen LogP contribution >= 0.6 is 0 Å². The molecule has 132 valence electrons. The van der Waals surface area contributed by atoms with E-state index in [1.165, 1.54) is 18.4 Å². The van der Waals surface area contributed by atoms with Crippen LogP contribution in [0.3, 0.4) is 0 Å². The normalized spacial score (nSPS) is 47.5. The summed E-state index contributed by atoms with van der Waals surface area (Å²) in [7, 11) is -1.66. The lowest BCUT2D eigenvalue weighted by atomic mass is 9.47. The molecule has 5 heteroatoms. The molecule has 0 heterocycles. The Kier molecular flexibility index (Phi) is 3.98. The summed E-state index contributed by atoms with van der Waals surface area (Å²) < 4.78 is 5.46. The molecular weight excluding hydrogens is 303 g/mol. The molecule has 4 nitrogen and oxygen atoms in total. The van der Waals surface area contributed by atoms with Gasteiger partial charge in [0.25, 0.3) is 0 Å². The average molecular weight is 332 g/mol. The maximum atomic E-state index is 11.9. The number of hydrogen-bond acceptors (Lipinski definition) is 4. The summed E-state index contributed by atoms with van der Waals surface area (Å²) in [4.78, 5) is 11.9. The predicted molar refractivity (Wildman–Crippen MR) is 91.8 cm³/mol. The van der Waals surface area contributed by atoms with Gasteiger partial charge in [-0.1, -0.05) is 19.4 Å². The van der Waals surface area contributed by atoms with Gasteiger partial charge in [-0.25, -0.2) is 0 Å². The van der Waals surface area contributed by atoms with Gasteiger partial charge in [0, 0.05) is 6.42 Å². The highest BCUT2D eigenvalue weighted by atomic mass is 16.6. The zero-order valence-electron chi connectivity index (χ0n) is 14.8. The van der Waals surface area contributed by atoms with Crippen molar-refractivity contribution in [1.29, 1.82) is 0 Å². The third-order valence-corrected chi connectivity index (χ3v) is 8.16. The van der Waals surface area contributed by atoms with Crippen LogP contribution in [-0.2, 0) is 9.45 Å². The molecule has 4 aliphatic rings. The number of allylic oxidation sites excluding steroid dienone is 1. The van der Waals surface area contributed by atoms with Crippen LogP contribution in [0.25, 0.3) is 0 Å². The molecule has 0 aromatic carbocycles. The van der Waals surface area contributed by atoms with Gasteiger partial charge in [-0.2, -0.15) is 0 Å². The van der Waals surface area contributed by atoms with Gasteiger partial charge < -0.3 is 14.7 Å². The van der Waals surface area contributed by atoms with Crippen LogP contribution in [0.1, 0.15) is 65.2 Å². The van der Waals surface area contributed by atoms with Crippen molar-refractivity contribution in [3.05, 3.63) is 11.6 Å². The minimum absolute atomic E-state index is 0.0406. The van der Waals surface area contributed by atoms with Crippen LogP contribution in [0.2, 0.25) is 0 Å². The Morgan fingerprint density at radius 3 is 2.62 bits per heavy atom. The molecule has 0 aromatic rings. The molecule has 0 unspecified atom stereocenters. The van der Waals surface area contributed by atoms with Crippen molar-refractivity contribution >= 4 is 13.1 Å². The Labute approximate surface area is 144 Å². The largest absolute Gasteiger partial charge is 0.634 e. The smallest absolute Gasteiger partial charge is 0.402 e. The number of carbonyl (C=O) groups excluding carboxylic acids is 1. The van der Waals surface area contributed by atoms with E-state index in [0.717, 1.165) is 32.1 Å². The third kappa shape index (κ3) is 2.35. The summed E-state index contributed by atoms with van der Waals surface area (Å²) in [6.45, 7) is 4.69. The van der Waals surface area contributed by atoms with Crippen LogP contribution in [0, 0.1) is 28.6 Å². The first-order valence-corrected chi connectivity index (χ1v) is 9.60. The van der Waals surface area contributed by atoms with E-state index in [0.29, 0.717) is 30.0 Å². The highest BCUT2D eigenvalue weighted by Crippen LogP contribution is 2.65. The fourth-order valence-electron chi connectivity index (χ4n) is 6.88. The molecule has 0 spiro atoms. The minimum atomic E-state index is -1.66. The number of fused-ring (bicyclic) bond motifs is 5. The van der Waals surface area contributed by atoms with Crippen LogP contribution in [0.5, 0.6) is 0 Å². The van der Waals surface area contributed by atoms with E-state index in [2.05, 4.69) is 13.8 Å². The lowest BCUT2D eigenvalue weighted by Gasteiger charge is -2.58. The van der Waals surface area contributed by atoms with Gasteiger partial charge in [0.2, 0.25) is 0 Å². The van der Waals surface area contributed by atoms with Crippen molar-refractivity contribution < 1.29 is 19.5 Å². The molecule has 4 rings (SSSR count). The van der Waals surface area contributed by atoms with E-state index in [1.54, 1.807) is 0 Å². The number of carbonyl (C=O) groups is 1. The molecule has 0 bridgehead atoms. The van der Waals surface area contributed by atoms with Crippen molar-refractivity contribution in [3.8, 4) is 0 Å². The first kappa shape index (κ1) is 16.8. The van der Waals surface area contributed by atoms with Crippen molar-refractivity contribution in [3.63, 3.8) is 0 Å². The third-order valence-electron chi connectivity index (χ3n) is 8.16. The molecule has 0 aromatic heterocycles. The van der Waals surface area contributed by atoms with E-state index >= 15 is 0 Å². The highest BCUT2D eigenvalue weighted by Gasteiger charge is 2.59. The average Bonchev–Trinajstić information content (AvgIpc) is 2.84. The lowest BCUT2D eigenvalue weighted by molar-refractivity contribution is -0.117. The van der Waals surface area contributed by atoms with E-state index in [4.69, 9.17) is 4.65 Å². The summed E-state index contributed by atoms with van der Waals surface area (Å²) in [6.07, 6.45) is 10.2. The summed E-state index contributed by atoms with van der Waals surface area (Å²) in [5.74, 6) is 2.27. The lowest BCUT2D eigenvalue weighted by Crippen LogP contribution is -2.52. The Morgan fingerprint density at radius 1 is 1.08 bits per heavy atom. The zero-order chi connectivity index (χ0) is 17.1. The second kappa shape index (κ2) is 5.68. The monoisotopic (exact) mass is 332 g/mol. The standard InChI is InChI=1S/C19H29BO4/c1-18-9-7-13(21)11-12(18)3-4-14-15-5-6-17(24-20(22)23)19(15,2)10-8-16(14)18/h11,14-17,22-23H,3-10H2,1-2H3/t14-,15-,16-,17-,18-,19-/m0/s1. The molecule has 6 atom stereocenters. The van der Waals surface area contributed by atoms with Crippen molar-refractivity contribution in [2.45, 2.75) is 71.3 Å². The van der Waals surface area contributed by atoms with Crippen molar-refractivity contribution in [2.75, 3.05) is 0 Å². The molecular formula is C19H29BO4.